The van der Waals surface area contributed by atoms with Crippen LogP contribution in [0.25, 0.3) is 0 Å². The van der Waals surface area contributed by atoms with Gasteiger partial charge >= 0.3 is 39.5 Å². The maximum absolute atomic E-state index is 13.0. The van der Waals surface area contributed by atoms with E-state index >= 15 is 0 Å². The Hall–Kier alpha value is -1.94. The average molecular weight is 1240 g/mol. The molecule has 0 aromatic rings. The molecule has 17 nitrogen and oxygen atoms in total. The number of carbonyl (C=O) groups is 4. The molecule has 498 valence electrons. The van der Waals surface area contributed by atoms with Crippen molar-refractivity contribution in [1.82, 2.24) is 0 Å². The van der Waals surface area contributed by atoms with E-state index in [1.807, 2.05) is 0 Å². The minimum absolute atomic E-state index is 0.107. The monoisotopic (exact) mass is 1240 g/mol. The predicted molar refractivity (Wildman–Crippen MR) is 335 cm³/mol. The molecule has 84 heavy (non-hydrogen) atoms. The number of aliphatic hydroxyl groups excluding tert-OH is 1. The van der Waals surface area contributed by atoms with Crippen LogP contribution in [0.3, 0.4) is 0 Å². The molecule has 0 fully saturated rings. The molecule has 0 aliphatic rings. The van der Waals surface area contributed by atoms with Crippen LogP contribution in [0, 0.1) is 0 Å². The number of ether oxygens (including phenoxy) is 4. The summed E-state index contributed by atoms with van der Waals surface area (Å²) in [5, 5.41) is 10.5. The van der Waals surface area contributed by atoms with Gasteiger partial charge < -0.3 is 33.8 Å². The molecule has 0 aromatic carbocycles. The van der Waals surface area contributed by atoms with Crippen LogP contribution in [0.4, 0.5) is 0 Å². The van der Waals surface area contributed by atoms with Crippen molar-refractivity contribution in [3.05, 3.63) is 0 Å². The molecule has 0 radical (unpaired) electrons. The SMILES string of the molecule is CCCCCCCCCCCCCCCCCC(=O)O[C@H](COC(=O)CCCCCCCCCCCCCC)COP(=O)(O)OC[C@@H](O)COP(=O)(O)OC[C@@H](COC(=O)CCCCCCC)OC(=O)CCCCCCCCCCCCCC. The zero-order valence-corrected chi connectivity index (χ0v) is 55.7. The first-order valence-electron chi connectivity index (χ1n) is 34.3. The molecule has 2 unspecified atom stereocenters. The van der Waals surface area contributed by atoms with Crippen molar-refractivity contribution in [2.75, 3.05) is 39.6 Å². The molecule has 19 heteroatoms. The molecule has 3 N–H and O–H groups in total. The summed E-state index contributed by atoms with van der Waals surface area (Å²) in [5.74, 6) is -2.14. The average Bonchev–Trinajstić information content (AvgIpc) is 3.65. The summed E-state index contributed by atoms with van der Waals surface area (Å²) in [7, 11) is -9.88. The minimum Gasteiger partial charge on any atom is -0.462 e. The molecule has 0 aliphatic heterocycles. The first-order valence-corrected chi connectivity index (χ1v) is 37.3. The molecule has 0 aliphatic carbocycles. The molecule has 0 aromatic heterocycles. The molecule has 0 spiro atoms. The quantitative estimate of drug-likeness (QED) is 0.0222. The maximum Gasteiger partial charge on any atom is 0.472 e. The summed E-state index contributed by atoms with van der Waals surface area (Å²) >= 11 is 0. The zero-order chi connectivity index (χ0) is 61.9. The van der Waals surface area contributed by atoms with Crippen LogP contribution in [-0.4, -0.2) is 96.7 Å². The summed E-state index contributed by atoms with van der Waals surface area (Å²) in [4.78, 5) is 72.0. The number of esters is 4. The fraction of sp³-hybridized carbons (Fsp3) is 0.938. The van der Waals surface area contributed by atoms with E-state index in [9.17, 15) is 43.2 Å². The van der Waals surface area contributed by atoms with Crippen molar-refractivity contribution >= 4 is 39.5 Å². The van der Waals surface area contributed by atoms with Crippen LogP contribution in [0.15, 0.2) is 0 Å². The van der Waals surface area contributed by atoms with E-state index in [-0.39, 0.29) is 25.7 Å². The van der Waals surface area contributed by atoms with Crippen molar-refractivity contribution < 1.29 is 80.2 Å². The van der Waals surface area contributed by atoms with Gasteiger partial charge in [0.25, 0.3) is 0 Å². The Bertz CT molecular complexity index is 1620. The first kappa shape index (κ1) is 82.1. The summed E-state index contributed by atoms with van der Waals surface area (Å²) in [6.07, 6.45) is 46.0. The Morgan fingerprint density at radius 2 is 0.476 bits per heavy atom. The molecule has 0 saturated carbocycles. The highest BCUT2D eigenvalue weighted by Crippen LogP contribution is 2.45. The van der Waals surface area contributed by atoms with Crippen molar-refractivity contribution in [2.24, 2.45) is 0 Å². The van der Waals surface area contributed by atoms with E-state index < -0.39 is 97.5 Å². The molecule has 0 rings (SSSR count). The van der Waals surface area contributed by atoms with Crippen LogP contribution < -0.4 is 0 Å². The fourth-order valence-electron chi connectivity index (χ4n) is 9.81. The second kappa shape index (κ2) is 60.0. The Morgan fingerprint density at radius 1 is 0.286 bits per heavy atom. The third kappa shape index (κ3) is 59.0. The van der Waals surface area contributed by atoms with Crippen molar-refractivity contribution in [1.29, 1.82) is 0 Å². The molecule has 0 heterocycles. The van der Waals surface area contributed by atoms with Crippen LogP contribution >= 0.6 is 15.6 Å². The Balaban J connectivity index is 5.16. The van der Waals surface area contributed by atoms with E-state index in [0.717, 1.165) is 96.3 Å². The van der Waals surface area contributed by atoms with Gasteiger partial charge in [-0.15, -0.1) is 0 Å². The molecule has 0 bridgehead atoms. The van der Waals surface area contributed by atoms with Gasteiger partial charge in [-0.3, -0.25) is 37.3 Å². The third-order valence-corrected chi connectivity index (χ3v) is 17.0. The molecule has 5 atom stereocenters. The second-order valence-electron chi connectivity index (χ2n) is 23.5. The molecular weight excluding hydrogens is 1110 g/mol. The van der Waals surface area contributed by atoms with Gasteiger partial charge in [0.15, 0.2) is 12.2 Å². The summed E-state index contributed by atoms with van der Waals surface area (Å²) in [6, 6.07) is 0. The lowest BCUT2D eigenvalue weighted by atomic mass is 10.0. The van der Waals surface area contributed by atoms with Crippen LogP contribution in [-0.2, 0) is 65.4 Å². The van der Waals surface area contributed by atoms with Gasteiger partial charge in [0.2, 0.25) is 0 Å². The number of aliphatic hydroxyl groups is 1. The zero-order valence-electron chi connectivity index (χ0n) is 53.9. The maximum atomic E-state index is 13.0. The van der Waals surface area contributed by atoms with E-state index in [1.165, 1.54) is 161 Å². The van der Waals surface area contributed by atoms with Gasteiger partial charge in [-0.1, -0.05) is 285 Å². The topological polar surface area (TPSA) is 237 Å². The Morgan fingerprint density at radius 3 is 0.702 bits per heavy atom. The predicted octanol–water partition coefficient (Wildman–Crippen LogP) is 18.3. The highest BCUT2D eigenvalue weighted by Gasteiger charge is 2.30. The smallest absolute Gasteiger partial charge is 0.462 e. The number of phosphoric acid groups is 2. The number of hydrogen-bond acceptors (Lipinski definition) is 15. The number of unbranched alkanes of at least 4 members (excludes halogenated alkanes) is 40. The lowest BCUT2D eigenvalue weighted by Crippen LogP contribution is -2.30. The highest BCUT2D eigenvalue weighted by molar-refractivity contribution is 7.47. The van der Waals surface area contributed by atoms with Crippen LogP contribution in [0.2, 0.25) is 0 Å². The van der Waals surface area contributed by atoms with Gasteiger partial charge in [0.1, 0.15) is 19.3 Å². The minimum atomic E-state index is -4.94. The fourth-order valence-corrected chi connectivity index (χ4v) is 11.4. The van der Waals surface area contributed by atoms with Gasteiger partial charge in [-0.25, -0.2) is 9.13 Å². The lowest BCUT2D eigenvalue weighted by Gasteiger charge is -2.21. The summed E-state index contributed by atoms with van der Waals surface area (Å²) in [5.41, 5.74) is 0. The molecule has 0 amide bonds. The van der Waals surface area contributed by atoms with Gasteiger partial charge in [0, 0.05) is 25.7 Å². The van der Waals surface area contributed by atoms with E-state index in [0.29, 0.717) is 25.7 Å². The standard InChI is InChI=1S/C65H126O17P2/c1-5-9-13-17-20-23-26-29-30-31-34-37-40-44-48-52-65(70)82-61(56-76-63(68)50-46-42-38-35-32-27-24-21-18-14-10-6-2)58-80-84(73,74)78-54-59(66)53-77-83(71,72)79-57-60(55-75-62(67)49-45-41-16-12-8-4)81-64(69)51-47-43-39-36-33-28-25-22-19-15-11-7-3/h59-61,66H,5-58H2,1-4H3,(H,71,72)(H,73,74)/t59-,60+,61+/m0/s1. The largest absolute Gasteiger partial charge is 0.472 e. The van der Waals surface area contributed by atoms with Crippen LogP contribution in [0.5, 0.6) is 0 Å². The second-order valence-corrected chi connectivity index (χ2v) is 26.4. The summed E-state index contributed by atoms with van der Waals surface area (Å²) < 4.78 is 67.9. The van der Waals surface area contributed by atoms with Crippen molar-refractivity contribution in [3.63, 3.8) is 0 Å². The van der Waals surface area contributed by atoms with E-state index in [1.54, 1.807) is 0 Å². The number of rotatable bonds is 66. The molecule has 0 saturated heterocycles. The van der Waals surface area contributed by atoms with Gasteiger partial charge in [0.05, 0.1) is 26.4 Å². The van der Waals surface area contributed by atoms with E-state index in [4.69, 9.17) is 37.0 Å². The molecular formula is C65H126O17P2. The number of carbonyl (C=O) groups excluding carboxylic acids is 4. The van der Waals surface area contributed by atoms with Crippen LogP contribution in [0.1, 0.15) is 336 Å². The lowest BCUT2D eigenvalue weighted by molar-refractivity contribution is -0.161. The van der Waals surface area contributed by atoms with Gasteiger partial charge in [-0.05, 0) is 25.7 Å². The van der Waals surface area contributed by atoms with Crippen molar-refractivity contribution in [2.45, 2.75) is 354 Å². The first-order chi connectivity index (χ1) is 40.7. The van der Waals surface area contributed by atoms with Crippen molar-refractivity contribution in [3.8, 4) is 0 Å². The van der Waals surface area contributed by atoms with Gasteiger partial charge in [-0.2, -0.15) is 0 Å². The summed E-state index contributed by atoms with van der Waals surface area (Å²) in [6.45, 7) is 4.83. The number of hydrogen-bond donors (Lipinski definition) is 3. The highest BCUT2D eigenvalue weighted by atomic mass is 31.2. The Kier molecular flexibility index (Phi) is 58.6. The normalized spacial score (nSPS) is 14.1. The van der Waals surface area contributed by atoms with E-state index in [2.05, 4.69) is 27.7 Å². The third-order valence-electron chi connectivity index (χ3n) is 15.1. The number of phosphoric ester groups is 2. The Labute approximate surface area is 511 Å².